The van der Waals surface area contributed by atoms with Gasteiger partial charge in [-0.15, -0.1) is 0 Å². The SMILES string of the molecule is CC/C=C\C/C=C\C/C=C\CCCCCCCCCC(=O)OC(COC(=O)CCCCCCCC/C=C\C/C=C\C/C=C\CCCCC)COP(=O)(O)OCC(O)COP(=O)(O)OCC(COC(=O)CCCCCCCC/C=C\C/C=C\C/C=C\CCCCC)OC(=O)CCCCCCCCC/C=C\C/C=C\C/C=C\CC. The van der Waals surface area contributed by atoms with Crippen molar-refractivity contribution in [1.82, 2.24) is 0 Å². The van der Waals surface area contributed by atoms with Crippen molar-refractivity contribution in [3.05, 3.63) is 146 Å². The lowest BCUT2D eigenvalue weighted by molar-refractivity contribution is -0.161. The smallest absolute Gasteiger partial charge is 0.462 e. The van der Waals surface area contributed by atoms with E-state index < -0.39 is 97.5 Å². The largest absolute Gasteiger partial charge is 0.472 e. The molecule has 0 saturated heterocycles. The molecule has 0 aromatic rings. The van der Waals surface area contributed by atoms with E-state index in [-0.39, 0.29) is 25.7 Å². The van der Waals surface area contributed by atoms with Gasteiger partial charge in [-0.25, -0.2) is 9.13 Å². The summed E-state index contributed by atoms with van der Waals surface area (Å²) < 4.78 is 68.9. The van der Waals surface area contributed by atoms with Crippen LogP contribution in [-0.4, -0.2) is 96.7 Å². The quantitative estimate of drug-likeness (QED) is 0.0169. The van der Waals surface area contributed by atoms with Crippen LogP contribution in [0, 0.1) is 0 Å². The van der Waals surface area contributed by atoms with E-state index in [1.54, 1.807) is 0 Å². The Morgan fingerprint density at radius 1 is 0.259 bits per heavy atom. The van der Waals surface area contributed by atoms with Gasteiger partial charge < -0.3 is 33.8 Å². The van der Waals surface area contributed by atoms with Gasteiger partial charge in [0.2, 0.25) is 0 Å². The number of rotatable bonds is 82. The Hall–Kier alpha value is -5.06. The lowest BCUT2D eigenvalue weighted by atomic mass is 10.1. The average Bonchev–Trinajstić information content (AvgIpc) is 0.897. The molecule has 4 atom stereocenters. The number of allylic oxidation sites excluding steroid dienone is 24. The highest BCUT2D eigenvalue weighted by atomic mass is 31.2. The van der Waals surface area contributed by atoms with Crippen LogP contribution in [0.2, 0.25) is 0 Å². The van der Waals surface area contributed by atoms with E-state index in [9.17, 15) is 43.2 Å². The van der Waals surface area contributed by atoms with Gasteiger partial charge in [-0.2, -0.15) is 0 Å². The fourth-order valence-corrected chi connectivity index (χ4v) is 13.2. The van der Waals surface area contributed by atoms with Crippen LogP contribution in [0.25, 0.3) is 0 Å². The van der Waals surface area contributed by atoms with Gasteiger partial charge in [-0.05, 0) is 167 Å². The molecule has 17 nitrogen and oxygen atoms in total. The summed E-state index contributed by atoms with van der Waals surface area (Å²) >= 11 is 0. The number of carbonyl (C=O) groups excluding carboxylic acids is 4. The zero-order valence-corrected chi connectivity index (χ0v) is 72.3. The maximum absolute atomic E-state index is 13.2. The molecule has 19 heteroatoms. The summed E-state index contributed by atoms with van der Waals surface area (Å²) in [5.74, 6) is -2.21. The number of hydrogen-bond donors (Lipinski definition) is 3. The van der Waals surface area contributed by atoms with Crippen LogP contribution < -0.4 is 0 Å². The molecule has 0 fully saturated rings. The van der Waals surface area contributed by atoms with Crippen LogP contribution in [-0.2, 0) is 65.4 Å². The van der Waals surface area contributed by atoms with E-state index in [2.05, 4.69) is 174 Å². The number of phosphoric ester groups is 2. The third kappa shape index (κ3) is 82.9. The number of aliphatic hydroxyl groups excluding tert-OH is 1. The highest BCUT2D eigenvalue weighted by Gasteiger charge is 2.30. The van der Waals surface area contributed by atoms with Gasteiger partial charge in [0.25, 0.3) is 0 Å². The Kier molecular flexibility index (Phi) is 80.1. The van der Waals surface area contributed by atoms with E-state index in [1.807, 2.05) is 0 Å². The fourth-order valence-electron chi connectivity index (χ4n) is 11.6. The molecule has 0 heterocycles. The molecule has 642 valence electrons. The number of unbranched alkanes of at least 4 members (excludes halogenated alkanes) is 32. The predicted molar refractivity (Wildman–Crippen MR) is 464 cm³/mol. The van der Waals surface area contributed by atoms with Crippen molar-refractivity contribution in [3.8, 4) is 0 Å². The molecule has 0 radical (unpaired) electrons. The number of carbonyl (C=O) groups is 4. The van der Waals surface area contributed by atoms with Crippen LogP contribution in [0.5, 0.6) is 0 Å². The number of hydrogen-bond acceptors (Lipinski definition) is 15. The molecule has 0 aliphatic carbocycles. The van der Waals surface area contributed by atoms with Gasteiger partial charge in [0.15, 0.2) is 12.2 Å². The Balaban J connectivity index is 5.42. The normalized spacial score (nSPS) is 14.5. The zero-order chi connectivity index (χ0) is 81.7. The predicted octanol–water partition coefficient (Wildman–Crippen LogP) is 26.6. The van der Waals surface area contributed by atoms with E-state index in [0.29, 0.717) is 25.7 Å². The first-order chi connectivity index (χ1) is 54.7. The molecule has 0 bridgehead atoms. The Bertz CT molecular complexity index is 2510. The monoisotopic (exact) mass is 1610 g/mol. The summed E-state index contributed by atoms with van der Waals surface area (Å²) in [7, 11) is -9.99. The van der Waals surface area contributed by atoms with Crippen molar-refractivity contribution >= 4 is 39.5 Å². The van der Waals surface area contributed by atoms with Gasteiger partial charge in [0.1, 0.15) is 19.3 Å². The fraction of sp³-hybridized carbons (Fsp3) is 0.699. The number of aliphatic hydroxyl groups is 1. The minimum Gasteiger partial charge on any atom is -0.462 e. The van der Waals surface area contributed by atoms with Crippen molar-refractivity contribution in [2.45, 2.75) is 380 Å². The van der Waals surface area contributed by atoms with Crippen molar-refractivity contribution in [2.24, 2.45) is 0 Å². The Labute approximate surface area is 681 Å². The third-order valence-corrected chi connectivity index (χ3v) is 20.2. The summed E-state index contributed by atoms with van der Waals surface area (Å²) in [6.07, 6.45) is 97.9. The standard InChI is InChI=1S/C93H158O17P2/c1-5-9-13-17-21-25-29-33-37-41-43-47-49-53-57-61-65-69-73-77-90(95)103-83-88(109-92(97)79-75-71-67-63-59-55-51-45-39-35-31-27-23-19-15-11-7-3)85-107-111(99,100)105-81-87(94)82-106-112(101,102)108-86-89(110-93(98)80-76-72-68-64-60-56-52-46-40-36-32-28-24-20-16-12-8-4)84-104-91(96)78-74-70-66-62-58-54-50-48-44-42-38-34-30-26-22-18-14-10-6-2/h11-12,15-16,21-28,33-40,43-44,47-48,87-89,94H,5-10,13-14,17-20,29-32,41-42,45-46,49-86H2,1-4H3,(H,99,100)(H,101,102)/b15-11-,16-12-,25-21-,26-22-,27-23-,28-24-,37-33-,38-34-,39-35-,40-36-,47-43-,48-44-. The second-order valence-electron chi connectivity index (χ2n) is 29.1. The Morgan fingerprint density at radius 3 is 0.714 bits per heavy atom. The summed E-state index contributed by atoms with van der Waals surface area (Å²) in [4.78, 5) is 73.4. The van der Waals surface area contributed by atoms with Crippen LogP contribution in [0.4, 0.5) is 0 Å². The molecule has 0 spiro atoms. The zero-order valence-electron chi connectivity index (χ0n) is 70.6. The lowest BCUT2D eigenvalue weighted by Crippen LogP contribution is -2.30. The summed E-state index contributed by atoms with van der Waals surface area (Å²) in [6, 6.07) is 0. The average molecular weight is 1610 g/mol. The minimum absolute atomic E-state index is 0.0772. The highest BCUT2D eigenvalue weighted by molar-refractivity contribution is 7.47. The van der Waals surface area contributed by atoms with Gasteiger partial charge in [0.05, 0.1) is 26.4 Å². The molecule has 0 aliphatic heterocycles. The Morgan fingerprint density at radius 2 is 0.464 bits per heavy atom. The van der Waals surface area contributed by atoms with E-state index in [0.717, 1.165) is 244 Å². The number of phosphoric acid groups is 2. The molecule has 0 aromatic heterocycles. The summed E-state index contributed by atoms with van der Waals surface area (Å²) in [5.41, 5.74) is 0. The van der Waals surface area contributed by atoms with Crippen LogP contribution in [0.3, 0.4) is 0 Å². The summed E-state index contributed by atoms with van der Waals surface area (Å²) in [5, 5.41) is 10.7. The van der Waals surface area contributed by atoms with E-state index >= 15 is 0 Å². The molecule has 112 heavy (non-hydrogen) atoms. The number of ether oxygens (including phenoxy) is 4. The van der Waals surface area contributed by atoms with E-state index in [1.165, 1.54) is 38.5 Å². The van der Waals surface area contributed by atoms with Crippen molar-refractivity contribution < 1.29 is 80.2 Å². The van der Waals surface area contributed by atoms with Gasteiger partial charge in [-0.3, -0.25) is 37.3 Å². The van der Waals surface area contributed by atoms with Crippen molar-refractivity contribution in [1.29, 1.82) is 0 Å². The molecule has 0 rings (SSSR count). The first kappa shape index (κ1) is 107. The molecule has 4 unspecified atom stereocenters. The topological polar surface area (TPSA) is 237 Å². The molecule has 0 aliphatic rings. The van der Waals surface area contributed by atoms with Gasteiger partial charge >= 0.3 is 39.5 Å². The van der Waals surface area contributed by atoms with Crippen LogP contribution in [0.1, 0.15) is 362 Å². The van der Waals surface area contributed by atoms with Crippen molar-refractivity contribution in [2.75, 3.05) is 39.6 Å². The number of esters is 4. The maximum Gasteiger partial charge on any atom is 0.472 e. The van der Waals surface area contributed by atoms with Gasteiger partial charge in [-0.1, -0.05) is 315 Å². The second-order valence-corrected chi connectivity index (χ2v) is 32.0. The molecular formula is C93H158O17P2. The minimum atomic E-state index is -5.00. The maximum atomic E-state index is 13.2. The van der Waals surface area contributed by atoms with Gasteiger partial charge in [0, 0.05) is 25.7 Å². The molecule has 3 N–H and O–H groups in total. The molecule has 0 saturated carbocycles. The first-order valence-electron chi connectivity index (χ1n) is 44.1. The molecular weight excluding hydrogens is 1450 g/mol. The van der Waals surface area contributed by atoms with E-state index in [4.69, 9.17) is 37.0 Å². The third-order valence-electron chi connectivity index (χ3n) is 18.3. The lowest BCUT2D eigenvalue weighted by Gasteiger charge is -2.21. The highest BCUT2D eigenvalue weighted by Crippen LogP contribution is 2.45. The van der Waals surface area contributed by atoms with Crippen LogP contribution in [0.15, 0.2) is 146 Å². The van der Waals surface area contributed by atoms with Crippen molar-refractivity contribution in [3.63, 3.8) is 0 Å². The van der Waals surface area contributed by atoms with Crippen LogP contribution >= 0.6 is 15.6 Å². The first-order valence-corrected chi connectivity index (χ1v) is 47.1. The molecule has 0 aromatic carbocycles. The second kappa shape index (κ2) is 83.9. The molecule has 0 amide bonds. The summed E-state index contributed by atoms with van der Waals surface area (Å²) in [6.45, 7) is 4.60.